The van der Waals surface area contributed by atoms with Gasteiger partial charge in [0.2, 0.25) is 94.5 Å². The van der Waals surface area contributed by atoms with Crippen LogP contribution in [-0.2, 0) is 101 Å². The number of carbonyl (C=O) groups is 17. The molecule has 0 saturated carbocycles. The lowest BCUT2D eigenvalue weighted by molar-refractivity contribution is -0.149. The molecule has 0 radical (unpaired) electrons. The smallest absolute Gasteiger partial charge is 0.305 e. The van der Waals surface area contributed by atoms with Crippen molar-refractivity contribution in [2.75, 3.05) is 71.5 Å². The highest BCUT2D eigenvalue weighted by Crippen LogP contribution is 2.29. The molecular weight excluding hydrogens is 1720 g/mol. The van der Waals surface area contributed by atoms with Gasteiger partial charge in [0.05, 0.1) is 31.4 Å². The molecule has 3 aromatic carbocycles. The fourth-order valence-electron chi connectivity index (χ4n) is 17.0. The number of aliphatic hydroxyl groups is 2. The average Bonchev–Trinajstić information content (AvgIpc) is 1.12. The summed E-state index contributed by atoms with van der Waals surface area (Å²) in [6, 6.07) is -1.90. The van der Waals surface area contributed by atoms with Crippen molar-refractivity contribution in [2.24, 2.45) is 23.1 Å². The summed E-state index contributed by atoms with van der Waals surface area (Å²) in [5.41, 5.74) is 20.3. The Morgan fingerprint density at radius 3 is 1.63 bits per heavy atom. The first-order chi connectivity index (χ1) is 62.6. The van der Waals surface area contributed by atoms with Gasteiger partial charge in [-0.05, 0) is 118 Å². The molecule has 2 aromatic heterocycles. The minimum atomic E-state index is -1.88. The third kappa shape index (κ3) is 27.9. The molecule has 4 aliphatic heterocycles. The predicted octanol–water partition coefficient (Wildman–Crippen LogP) is -2.33. The summed E-state index contributed by atoms with van der Waals surface area (Å²) in [5.74, 6) is -17.8. The number of carboxylic acid groups (broad SMARTS) is 1. The van der Waals surface area contributed by atoms with Gasteiger partial charge in [0.15, 0.2) is 0 Å². The van der Waals surface area contributed by atoms with E-state index < -0.39 is 235 Å². The Morgan fingerprint density at radius 1 is 0.527 bits per heavy atom. The number of aromatic hydroxyl groups is 1. The molecule has 9 rings (SSSR count). The second-order valence-electron chi connectivity index (χ2n) is 34.2. The number of hydrogen-bond donors (Lipinski definition) is 19. The highest BCUT2D eigenvalue weighted by Gasteiger charge is 2.47. The summed E-state index contributed by atoms with van der Waals surface area (Å²) in [6.45, 7) is 4.09. The standard InChI is InChI=1S/C89H126N20O21S/c1-7-9-24-68-81(122)97-59(23-17-32-90)77(118)104-67(76(117)95-44-73(92)113)47-131-48-74(114)96-62(36-50-28-30-53(111)31-29-50)86(127)107-33-16-15-26-69(107)82(123)101-64(40-75(115)116)87(128)108-34-18-27-70(108)83(124)102-65(41-91)79(120)99-61(35-49(3)4)88(129)109-45-54(112)39-72(109)84(125)98-60(37-51-42-93-57-21-13-11-19-55(51)57)78(119)103-66(46-110)80(121)100-63(38-52-43-94-58-22-14-12-20-56(52)58)85(126)106(6)71(25-10-8-2)89(130)105(68)5/h11-14,19-22,28-31,42-43,49,54,59-72,93-94,110-112H,7-10,15-18,23-27,32-41,44-48,90-91H2,1-6H3,(H2,92,113)(H,95,117)(H,96,114)(H,97,122)(H,98,125)(H,99,120)(H,100,121)(H,101,123)(H,102,124)(H,103,119)(H,104,118)(H,115,116)/t54-,59+,60+,61+,62+,63+,64+,65+,66+,67+,68+,69+,70+,71+,72+/m1/s1. The molecule has 6 heterocycles. The third-order valence-corrected chi connectivity index (χ3v) is 25.1. The number of carbonyl (C=O) groups excluding carboxylic acids is 16. The number of nitrogens with zero attached hydrogens (tertiary/aromatic N) is 5. The predicted molar refractivity (Wildman–Crippen MR) is 481 cm³/mol. The first-order valence-corrected chi connectivity index (χ1v) is 45.8. The van der Waals surface area contributed by atoms with Crippen molar-refractivity contribution in [3.63, 3.8) is 0 Å². The molecule has 4 aliphatic rings. The summed E-state index contributed by atoms with van der Waals surface area (Å²) in [4.78, 5) is 261. The number of unbranched alkanes of at least 4 members (excludes halogenated alkanes) is 2. The van der Waals surface area contributed by atoms with Crippen LogP contribution in [-0.4, -0.2) is 318 Å². The molecule has 15 atom stereocenters. The Kier molecular flexibility index (Phi) is 38.4. The van der Waals surface area contributed by atoms with Crippen LogP contribution in [0.1, 0.15) is 147 Å². The van der Waals surface area contributed by atoms with E-state index in [0.29, 0.717) is 77.0 Å². The highest BCUT2D eigenvalue weighted by atomic mass is 32.2. The largest absolute Gasteiger partial charge is 0.508 e. The number of carboxylic acids is 1. The van der Waals surface area contributed by atoms with Crippen LogP contribution in [0.3, 0.4) is 0 Å². The van der Waals surface area contributed by atoms with Gasteiger partial charge in [0.25, 0.3) is 0 Å². The number of phenolic OH excluding ortho intramolecular Hbond substituents is 1. The summed E-state index contributed by atoms with van der Waals surface area (Å²) < 4.78 is 0. The number of aliphatic carboxylic acids is 1. The van der Waals surface area contributed by atoms with Gasteiger partial charge >= 0.3 is 5.97 Å². The maximum Gasteiger partial charge on any atom is 0.305 e. The van der Waals surface area contributed by atoms with E-state index >= 15 is 38.4 Å². The van der Waals surface area contributed by atoms with Gasteiger partial charge in [-0.2, -0.15) is 0 Å². The van der Waals surface area contributed by atoms with Crippen LogP contribution < -0.4 is 70.4 Å². The minimum absolute atomic E-state index is 0.00347. The minimum Gasteiger partial charge on any atom is -0.508 e. The lowest BCUT2D eigenvalue weighted by Crippen LogP contribution is -2.62. The molecule has 4 fully saturated rings. The molecule has 714 valence electrons. The Bertz CT molecular complexity index is 4900. The van der Waals surface area contributed by atoms with Crippen LogP contribution in [0, 0.1) is 5.92 Å². The molecule has 42 heteroatoms. The number of aromatic nitrogens is 2. The molecule has 131 heavy (non-hydrogen) atoms. The maximum atomic E-state index is 15.7. The number of piperidine rings is 1. The van der Waals surface area contributed by atoms with Gasteiger partial charge in [-0.1, -0.05) is 102 Å². The molecule has 0 aliphatic carbocycles. The quantitative estimate of drug-likeness (QED) is 0.0308. The van der Waals surface area contributed by atoms with Crippen molar-refractivity contribution in [2.45, 2.75) is 240 Å². The van der Waals surface area contributed by atoms with E-state index in [-0.39, 0.29) is 108 Å². The van der Waals surface area contributed by atoms with Crippen LogP contribution in [0.25, 0.3) is 21.8 Å². The first kappa shape index (κ1) is 102. The van der Waals surface area contributed by atoms with Crippen LogP contribution >= 0.6 is 11.8 Å². The zero-order chi connectivity index (χ0) is 95.4. The lowest BCUT2D eigenvalue weighted by Gasteiger charge is -2.38. The van der Waals surface area contributed by atoms with Crippen molar-refractivity contribution in [1.82, 2.24) is 87.6 Å². The molecule has 22 N–H and O–H groups in total. The number of hydrogen-bond acceptors (Lipinski definition) is 23. The molecule has 0 unspecified atom stereocenters. The zero-order valence-corrected chi connectivity index (χ0v) is 75.5. The zero-order valence-electron chi connectivity index (χ0n) is 74.7. The number of primary amides is 1. The van der Waals surface area contributed by atoms with Crippen molar-refractivity contribution in [3.05, 3.63) is 102 Å². The molecule has 5 aromatic rings. The number of rotatable bonds is 24. The Morgan fingerprint density at radius 2 is 1.03 bits per heavy atom. The number of H-pyrrole nitrogens is 2. The van der Waals surface area contributed by atoms with E-state index in [0.717, 1.165) is 26.5 Å². The number of aliphatic hydroxyl groups excluding tert-OH is 2. The molecule has 16 amide bonds. The van der Waals surface area contributed by atoms with Gasteiger partial charge in [-0.15, -0.1) is 11.8 Å². The number of nitrogens with one attached hydrogen (secondary N) is 12. The molecule has 41 nitrogen and oxygen atoms in total. The Hall–Kier alpha value is -12.3. The molecular formula is C89H126N20O21S. The van der Waals surface area contributed by atoms with E-state index in [1.807, 2.05) is 13.8 Å². The summed E-state index contributed by atoms with van der Waals surface area (Å²) >= 11 is 0.791. The number of nitrogens with two attached hydrogens (primary N) is 3. The van der Waals surface area contributed by atoms with E-state index in [1.165, 1.54) is 48.2 Å². The number of thioether (sulfide) groups is 1. The van der Waals surface area contributed by atoms with E-state index in [4.69, 9.17) is 17.2 Å². The van der Waals surface area contributed by atoms with Gasteiger partial charge < -0.3 is 125 Å². The van der Waals surface area contributed by atoms with Crippen LogP contribution in [0.2, 0.25) is 0 Å². The van der Waals surface area contributed by atoms with Crippen molar-refractivity contribution >= 4 is 134 Å². The summed E-state index contributed by atoms with van der Waals surface area (Å²) in [5, 5.41) is 70.6. The SMILES string of the molecule is CCCC[C@H]1C(=O)N(C)[C@@H](CCCC)C(=O)N[C@@H](CCCN)C(=O)N[C@H](C(=O)NCC(N)=O)CSCC(=O)N[C@@H](Cc2ccc(O)cc2)C(=O)N2CCCC[C@H]2C(=O)N[C@@H](CC(=O)O)C(=O)N2CCC[C@H]2C(=O)N[C@@H](CN)C(=O)N[C@@H](CC(C)C)C(=O)N2C[C@H](O)C[C@H]2C(=O)N[C@@H](Cc2c[nH]c3ccccc23)C(=O)N[C@@H](CO)C(=O)N[C@@H](Cc2c[nH]c3ccccc23)C(=O)N1C. The number of aromatic amines is 2. The average molecular weight is 1840 g/mol. The molecule has 0 bridgehead atoms. The first-order valence-electron chi connectivity index (χ1n) is 44.7. The topological polar surface area (TPSA) is 617 Å². The number of fused-ring (bicyclic) bond motifs is 5. The Balaban J connectivity index is 1.08. The third-order valence-electron chi connectivity index (χ3n) is 24.0. The van der Waals surface area contributed by atoms with Crippen LogP contribution in [0.4, 0.5) is 0 Å². The molecule has 0 spiro atoms. The van der Waals surface area contributed by atoms with E-state index in [9.17, 15) is 63.6 Å². The fourth-order valence-corrected chi connectivity index (χ4v) is 17.8. The summed E-state index contributed by atoms with van der Waals surface area (Å²) in [6.07, 6.45) is 2.10. The van der Waals surface area contributed by atoms with Crippen molar-refractivity contribution < 1.29 is 102 Å². The van der Waals surface area contributed by atoms with Crippen molar-refractivity contribution in [1.29, 1.82) is 0 Å². The second kappa shape index (κ2) is 49.1. The van der Waals surface area contributed by atoms with E-state index in [2.05, 4.69) is 63.1 Å². The molecule has 4 saturated heterocycles. The van der Waals surface area contributed by atoms with E-state index in [1.54, 1.807) is 74.8 Å². The fraction of sp³-hybridized carbons (Fsp3) is 0.562. The Labute approximate surface area is 762 Å². The summed E-state index contributed by atoms with van der Waals surface area (Å²) in [7, 11) is 2.71. The number of amides is 16. The van der Waals surface area contributed by atoms with Crippen LogP contribution in [0.15, 0.2) is 85.2 Å². The number of benzene rings is 3. The number of likely N-dealkylation sites (N-methyl/N-ethyl adjacent to an activating group) is 2. The number of para-hydroxylation sites is 2. The van der Waals surface area contributed by atoms with Crippen molar-refractivity contribution in [3.8, 4) is 5.75 Å². The van der Waals surface area contributed by atoms with Gasteiger partial charge in [0, 0.05) is 106 Å². The number of phenols is 1. The maximum absolute atomic E-state index is 15.7. The van der Waals surface area contributed by atoms with Gasteiger partial charge in [-0.25, -0.2) is 0 Å². The second-order valence-corrected chi connectivity index (χ2v) is 35.3. The lowest BCUT2D eigenvalue weighted by atomic mass is 9.97. The van der Waals surface area contributed by atoms with Gasteiger partial charge in [0.1, 0.15) is 90.3 Å². The van der Waals surface area contributed by atoms with Crippen LogP contribution in [0.5, 0.6) is 5.75 Å². The normalized spacial score (nSPS) is 25.7. The van der Waals surface area contributed by atoms with Gasteiger partial charge in [-0.3, -0.25) is 81.5 Å². The highest BCUT2D eigenvalue weighted by molar-refractivity contribution is 8.00. The monoisotopic (exact) mass is 1840 g/mol.